The fourth-order valence-electron chi connectivity index (χ4n) is 2.98. The molecule has 1 aromatic carbocycles. The van der Waals surface area contributed by atoms with Crippen molar-refractivity contribution in [2.75, 3.05) is 11.4 Å². The molecule has 0 aliphatic carbocycles. The summed E-state index contributed by atoms with van der Waals surface area (Å²) in [6.45, 7) is 0.251. The lowest BCUT2D eigenvalue weighted by Crippen LogP contribution is -2.40. The van der Waals surface area contributed by atoms with Crippen molar-refractivity contribution in [1.29, 1.82) is 0 Å². The van der Waals surface area contributed by atoms with Gasteiger partial charge in [0, 0.05) is 11.3 Å². The summed E-state index contributed by atoms with van der Waals surface area (Å²) in [5.74, 6) is 1.07. The molecule has 2 aromatic heterocycles. The molecule has 0 fully saturated rings. The Morgan fingerprint density at radius 3 is 2.70 bits per heavy atom. The number of furan rings is 2. The van der Waals surface area contributed by atoms with Crippen LogP contribution >= 0.6 is 11.8 Å². The van der Waals surface area contributed by atoms with E-state index in [0.717, 1.165) is 16.3 Å². The minimum Gasteiger partial charge on any atom is -0.468 e. The van der Waals surface area contributed by atoms with Gasteiger partial charge < -0.3 is 19.1 Å². The second kappa shape index (κ2) is 7.75. The summed E-state index contributed by atoms with van der Waals surface area (Å²) in [4.78, 5) is 27.8. The highest BCUT2D eigenvalue weighted by Gasteiger charge is 2.31. The van der Waals surface area contributed by atoms with Gasteiger partial charge in [-0.1, -0.05) is 12.1 Å². The zero-order valence-electron chi connectivity index (χ0n) is 14.5. The van der Waals surface area contributed by atoms with E-state index in [1.807, 2.05) is 36.4 Å². The van der Waals surface area contributed by atoms with E-state index in [-0.39, 0.29) is 30.0 Å². The molecular weight excluding hydrogens is 364 g/mol. The van der Waals surface area contributed by atoms with Crippen LogP contribution in [0.3, 0.4) is 0 Å². The molecule has 138 valence electrons. The lowest BCUT2D eigenvalue weighted by molar-refractivity contribution is -0.124. The molecule has 1 aliphatic heterocycles. The van der Waals surface area contributed by atoms with Crippen LogP contribution < -0.4 is 10.2 Å². The first kappa shape index (κ1) is 17.5. The Morgan fingerprint density at radius 2 is 1.93 bits per heavy atom. The topological polar surface area (TPSA) is 75.7 Å². The molecule has 1 N–H and O–H groups in total. The van der Waals surface area contributed by atoms with Crippen LogP contribution in [0, 0.1) is 0 Å². The molecule has 6 nitrogen and oxygen atoms in total. The SMILES string of the molecule is O=C(CN1C(=O)C[C@@H](c2ccco2)Sc2ccccc21)NCc1ccco1. The minimum absolute atomic E-state index is 0.0397. The molecule has 27 heavy (non-hydrogen) atoms. The van der Waals surface area contributed by atoms with Gasteiger partial charge in [-0.15, -0.1) is 11.8 Å². The maximum absolute atomic E-state index is 12.9. The van der Waals surface area contributed by atoms with Gasteiger partial charge in [-0.05, 0) is 36.4 Å². The van der Waals surface area contributed by atoms with Crippen LogP contribution in [0.2, 0.25) is 0 Å². The number of nitrogens with one attached hydrogen (secondary N) is 1. The molecule has 0 unspecified atom stereocenters. The second-order valence-electron chi connectivity index (χ2n) is 6.13. The van der Waals surface area contributed by atoms with E-state index in [2.05, 4.69) is 5.32 Å². The van der Waals surface area contributed by atoms with E-state index in [0.29, 0.717) is 12.3 Å². The number of para-hydroxylation sites is 1. The van der Waals surface area contributed by atoms with Crippen LogP contribution in [0.1, 0.15) is 23.2 Å². The first-order chi connectivity index (χ1) is 13.2. The molecule has 7 heteroatoms. The molecule has 4 rings (SSSR count). The van der Waals surface area contributed by atoms with Crippen LogP contribution in [-0.4, -0.2) is 18.4 Å². The van der Waals surface area contributed by atoms with Crippen LogP contribution in [-0.2, 0) is 16.1 Å². The fourth-order valence-corrected chi connectivity index (χ4v) is 4.22. The van der Waals surface area contributed by atoms with Crippen molar-refractivity contribution in [2.24, 2.45) is 0 Å². The van der Waals surface area contributed by atoms with Gasteiger partial charge in [0.15, 0.2) is 0 Å². The molecule has 2 amide bonds. The van der Waals surface area contributed by atoms with Gasteiger partial charge in [0.05, 0.1) is 30.0 Å². The maximum Gasteiger partial charge on any atom is 0.240 e. The summed E-state index contributed by atoms with van der Waals surface area (Å²) in [6.07, 6.45) is 3.43. The average molecular weight is 382 g/mol. The maximum atomic E-state index is 12.9. The van der Waals surface area contributed by atoms with Crippen LogP contribution in [0.15, 0.2) is 74.8 Å². The van der Waals surface area contributed by atoms with Crippen molar-refractivity contribution in [2.45, 2.75) is 23.1 Å². The summed E-state index contributed by atoms with van der Waals surface area (Å²) < 4.78 is 10.7. The predicted molar refractivity (Wildman–Crippen MR) is 101 cm³/mol. The molecule has 3 aromatic rings. The van der Waals surface area contributed by atoms with Gasteiger partial charge in [0.1, 0.15) is 18.1 Å². The predicted octanol–water partition coefficient (Wildman–Crippen LogP) is 3.76. The Balaban J connectivity index is 1.53. The molecule has 3 heterocycles. The summed E-state index contributed by atoms with van der Waals surface area (Å²) in [6, 6.07) is 14.9. The Morgan fingerprint density at radius 1 is 1.11 bits per heavy atom. The van der Waals surface area contributed by atoms with Gasteiger partial charge in [0.2, 0.25) is 11.8 Å². The Kier molecular flexibility index (Phi) is 5.02. The summed E-state index contributed by atoms with van der Waals surface area (Å²) in [5, 5.41) is 2.67. The van der Waals surface area contributed by atoms with Crippen LogP contribution in [0.4, 0.5) is 5.69 Å². The van der Waals surface area contributed by atoms with Gasteiger partial charge in [-0.2, -0.15) is 0 Å². The highest BCUT2D eigenvalue weighted by Crippen LogP contribution is 2.45. The number of hydrogen-bond acceptors (Lipinski definition) is 5. The van der Waals surface area contributed by atoms with E-state index in [9.17, 15) is 9.59 Å². The van der Waals surface area contributed by atoms with E-state index >= 15 is 0 Å². The largest absolute Gasteiger partial charge is 0.468 e. The molecule has 1 aliphatic rings. The third-order valence-electron chi connectivity index (χ3n) is 4.29. The lowest BCUT2D eigenvalue weighted by Gasteiger charge is -2.22. The lowest BCUT2D eigenvalue weighted by atomic mass is 10.2. The molecule has 0 saturated carbocycles. The highest BCUT2D eigenvalue weighted by molar-refractivity contribution is 7.99. The number of fused-ring (bicyclic) bond motifs is 1. The number of benzene rings is 1. The summed E-state index contributed by atoms with van der Waals surface area (Å²) >= 11 is 1.58. The first-order valence-corrected chi connectivity index (χ1v) is 9.47. The quantitative estimate of drug-likeness (QED) is 0.727. The summed E-state index contributed by atoms with van der Waals surface area (Å²) in [7, 11) is 0. The minimum atomic E-state index is -0.240. The standard InChI is InChI=1S/C20H18N2O4S/c23-19(21-12-14-5-3-9-25-14)13-22-15-6-1-2-8-17(15)27-18(11-20(22)24)16-7-4-10-26-16/h1-10,18H,11-13H2,(H,21,23)/t18-/m0/s1. The summed E-state index contributed by atoms with van der Waals surface area (Å²) in [5.41, 5.74) is 0.745. The molecule has 0 saturated heterocycles. The van der Waals surface area contributed by atoms with E-state index < -0.39 is 0 Å². The fraction of sp³-hybridized carbons (Fsp3) is 0.200. The third kappa shape index (κ3) is 3.93. The van der Waals surface area contributed by atoms with Crippen LogP contribution in [0.25, 0.3) is 0 Å². The van der Waals surface area contributed by atoms with Crippen molar-refractivity contribution in [3.05, 3.63) is 72.6 Å². The number of carbonyl (C=O) groups excluding carboxylic acids is 2. The number of rotatable bonds is 5. The molecule has 0 radical (unpaired) electrons. The Hall–Kier alpha value is -2.93. The van der Waals surface area contributed by atoms with Crippen LogP contribution in [0.5, 0.6) is 0 Å². The van der Waals surface area contributed by atoms with Crippen molar-refractivity contribution < 1.29 is 18.4 Å². The molecule has 1 atom stereocenters. The van der Waals surface area contributed by atoms with Crippen molar-refractivity contribution in [3.8, 4) is 0 Å². The van der Waals surface area contributed by atoms with Gasteiger partial charge >= 0.3 is 0 Å². The van der Waals surface area contributed by atoms with Crippen molar-refractivity contribution in [3.63, 3.8) is 0 Å². The van der Waals surface area contributed by atoms with Crippen molar-refractivity contribution in [1.82, 2.24) is 5.32 Å². The second-order valence-corrected chi connectivity index (χ2v) is 7.37. The number of anilines is 1. The van der Waals surface area contributed by atoms with Gasteiger partial charge in [0.25, 0.3) is 0 Å². The number of amides is 2. The number of nitrogens with zero attached hydrogens (tertiary/aromatic N) is 1. The molecule has 0 bridgehead atoms. The first-order valence-electron chi connectivity index (χ1n) is 8.59. The number of thioether (sulfide) groups is 1. The number of hydrogen-bond donors (Lipinski definition) is 1. The van der Waals surface area contributed by atoms with E-state index in [1.54, 1.807) is 41.3 Å². The monoisotopic (exact) mass is 382 g/mol. The zero-order chi connectivity index (χ0) is 18.6. The smallest absolute Gasteiger partial charge is 0.240 e. The van der Waals surface area contributed by atoms with E-state index in [1.165, 1.54) is 0 Å². The van der Waals surface area contributed by atoms with Crippen molar-refractivity contribution >= 4 is 29.3 Å². The normalized spacial score (nSPS) is 16.7. The molecule has 0 spiro atoms. The van der Waals surface area contributed by atoms with E-state index in [4.69, 9.17) is 8.83 Å². The van der Waals surface area contributed by atoms with Gasteiger partial charge in [-0.25, -0.2) is 0 Å². The Labute approximate surface area is 160 Å². The highest BCUT2D eigenvalue weighted by atomic mass is 32.2. The zero-order valence-corrected chi connectivity index (χ0v) is 15.3. The Bertz CT molecular complexity index is 921. The third-order valence-corrected chi connectivity index (χ3v) is 5.57. The average Bonchev–Trinajstić information content (AvgIpc) is 3.36. The van der Waals surface area contributed by atoms with Gasteiger partial charge in [-0.3, -0.25) is 9.59 Å². The number of carbonyl (C=O) groups is 2. The molecular formula is C20H18N2O4S.